The van der Waals surface area contributed by atoms with Gasteiger partial charge < -0.3 is 28.9 Å². The summed E-state index contributed by atoms with van der Waals surface area (Å²) in [6.07, 6.45) is -6.27. The van der Waals surface area contributed by atoms with E-state index < -0.39 is 54.5 Å². The normalized spacial score (nSPS) is 28.6. The first-order chi connectivity index (χ1) is 11.6. The first kappa shape index (κ1) is 20.8. The van der Waals surface area contributed by atoms with Crippen molar-refractivity contribution in [3.63, 3.8) is 0 Å². The number of esters is 4. The minimum absolute atomic E-state index is 0.351. The van der Waals surface area contributed by atoms with Crippen molar-refractivity contribution in [3.8, 4) is 0 Å². The number of nitrogens with one attached hydrogen (secondary N) is 1. The molecule has 1 rings (SSSR count). The van der Waals surface area contributed by atoms with Crippen LogP contribution in [0.4, 0.5) is 0 Å². The largest absolute Gasteiger partial charge is 0.463 e. The highest BCUT2D eigenvalue weighted by atomic mass is 16.7. The van der Waals surface area contributed by atoms with Gasteiger partial charge in [0.05, 0.1) is 0 Å². The molecular weight excluding hydrogens is 342 g/mol. The summed E-state index contributed by atoms with van der Waals surface area (Å²) in [5, 5.41) is 9.27. The molecule has 25 heavy (non-hydrogen) atoms. The minimum atomic E-state index is -1.32. The molecule has 0 radical (unpaired) electrons. The highest BCUT2D eigenvalue weighted by Crippen LogP contribution is 2.28. The lowest BCUT2D eigenvalue weighted by Gasteiger charge is -2.43. The molecule has 1 aliphatic rings. The zero-order chi connectivity index (χ0) is 19.1. The molecule has 0 aliphatic carbocycles. The van der Waals surface area contributed by atoms with Gasteiger partial charge in [-0.15, -0.1) is 0 Å². The van der Waals surface area contributed by atoms with Gasteiger partial charge in [-0.2, -0.15) is 5.48 Å². The maximum absolute atomic E-state index is 11.4. The summed E-state index contributed by atoms with van der Waals surface area (Å²) in [6.45, 7) is 4.14. The Kier molecular flexibility index (Phi) is 7.74. The van der Waals surface area contributed by atoms with Gasteiger partial charge in [0.1, 0.15) is 12.7 Å². The van der Waals surface area contributed by atoms with Gasteiger partial charge in [-0.25, -0.2) is 0 Å². The second-order valence-electron chi connectivity index (χ2n) is 5.25. The molecule has 0 bridgehead atoms. The van der Waals surface area contributed by atoms with Gasteiger partial charge in [0.25, 0.3) is 0 Å². The van der Waals surface area contributed by atoms with E-state index in [1.54, 1.807) is 5.48 Å². The molecule has 11 nitrogen and oxygen atoms in total. The quantitative estimate of drug-likeness (QED) is 0.342. The molecule has 5 unspecified atom stereocenters. The number of hydroxylamine groups is 1. The van der Waals surface area contributed by atoms with Gasteiger partial charge in [0.15, 0.2) is 24.5 Å². The van der Waals surface area contributed by atoms with Crippen molar-refractivity contribution in [1.29, 1.82) is 0 Å². The van der Waals surface area contributed by atoms with Crippen LogP contribution in [0.5, 0.6) is 0 Å². The highest BCUT2D eigenvalue weighted by molar-refractivity contribution is 5.68. The summed E-state index contributed by atoms with van der Waals surface area (Å²) in [5.41, 5.74) is 1.78. The molecule has 0 spiro atoms. The van der Waals surface area contributed by atoms with E-state index >= 15 is 0 Å². The lowest BCUT2D eigenvalue weighted by Crippen LogP contribution is -2.65. The number of carbonyl (C=O) groups excluding carboxylic acids is 4. The topological polar surface area (TPSA) is 147 Å². The van der Waals surface area contributed by atoms with Crippen LogP contribution in [-0.4, -0.2) is 66.3 Å². The van der Waals surface area contributed by atoms with Crippen LogP contribution >= 0.6 is 0 Å². The monoisotopic (exact) mass is 363 g/mol. The summed E-state index contributed by atoms with van der Waals surface area (Å²) in [7, 11) is 0. The van der Waals surface area contributed by atoms with Crippen molar-refractivity contribution in [2.45, 2.75) is 58.3 Å². The van der Waals surface area contributed by atoms with Crippen LogP contribution < -0.4 is 5.48 Å². The van der Waals surface area contributed by atoms with Crippen LogP contribution in [-0.2, 0) is 42.9 Å². The second-order valence-corrected chi connectivity index (χ2v) is 5.25. The highest BCUT2D eigenvalue weighted by Gasteiger charge is 2.52. The summed E-state index contributed by atoms with van der Waals surface area (Å²) in [5.74, 6) is -2.84. The third-order valence-corrected chi connectivity index (χ3v) is 3.12. The van der Waals surface area contributed by atoms with Crippen molar-refractivity contribution in [3.05, 3.63) is 0 Å². The predicted molar refractivity (Wildman–Crippen MR) is 76.9 cm³/mol. The van der Waals surface area contributed by atoms with Gasteiger partial charge in [-0.1, -0.05) is 0 Å². The van der Waals surface area contributed by atoms with Gasteiger partial charge in [-0.05, 0) is 0 Å². The Morgan fingerprint density at radius 3 is 1.76 bits per heavy atom. The summed E-state index contributed by atoms with van der Waals surface area (Å²) in [6, 6.07) is 0. The molecule has 1 aliphatic heterocycles. The molecular formula is C14H21NO10. The Labute approximate surface area is 143 Å². The molecule has 2 N–H and O–H groups in total. The van der Waals surface area contributed by atoms with Crippen LogP contribution in [0.3, 0.4) is 0 Å². The number of ether oxygens (including phenoxy) is 5. The Bertz CT molecular complexity index is 522. The van der Waals surface area contributed by atoms with E-state index in [4.69, 9.17) is 23.7 Å². The summed E-state index contributed by atoms with van der Waals surface area (Å²) in [4.78, 5) is 45.2. The first-order valence-electron chi connectivity index (χ1n) is 7.35. The number of hydrogen-bond acceptors (Lipinski definition) is 11. The Balaban J connectivity index is 3.18. The molecule has 0 aromatic carbocycles. The van der Waals surface area contributed by atoms with Gasteiger partial charge in [0.2, 0.25) is 0 Å². The predicted octanol–water partition coefficient (Wildman–Crippen LogP) is -0.952. The molecule has 142 valence electrons. The van der Waals surface area contributed by atoms with Crippen LogP contribution in [0, 0.1) is 0 Å². The lowest BCUT2D eigenvalue weighted by atomic mass is 9.97. The third-order valence-electron chi connectivity index (χ3n) is 3.12. The molecule has 1 saturated heterocycles. The molecule has 0 saturated carbocycles. The van der Waals surface area contributed by atoms with E-state index in [2.05, 4.69) is 0 Å². The number of rotatable bonds is 6. The van der Waals surface area contributed by atoms with Crippen LogP contribution in [0.15, 0.2) is 0 Å². The van der Waals surface area contributed by atoms with E-state index in [1.165, 1.54) is 0 Å². The molecule has 0 aromatic heterocycles. The standard InChI is InChI=1S/C14H21NO10/c1-6(16)21-5-10-11(22-7(2)17)12(23-8(3)18)13(24-9(4)19)14(15-20)25-10/h10-15,20H,5H2,1-4H3. The zero-order valence-electron chi connectivity index (χ0n) is 14.2. The van der Waals surface area contributed by atoms with Crippen LogP contribution in [0.1, 0.15) is 27.7 Å². The fourth-order valence-corrected chi connectivity index (χ4v) is 2.33. The maximum atomic E-state index is 11.4. The van der Waals surface area contributed by atoms with Gasteiger partial charge >= 0.3 is 23.9 Å². The fraction of sp³-hybridized carbons (Fsp3) is 0.714. The van der Waals surface area contributed by atoms with Gasteiger partial charge in [-0.3, -0.25) is 19.2 Å². The van der Waals surface area contributed by atoms with Crippen molar-refractivity contribution >= 4 is 23.9 Å². The Morgan fingerprint density at radius 1 is 0.840 bits per heavy atom. The van der Waals surface area contributed by atoms with Crippen LogP contribution in [0.25, 0.3) is 0 Å². The molecule has 11 heteroatoms. The SMILES string of the molecule is CC(=O)OCC1OC(NO)C(OC(C)=O)C(OC(C)=O)C1OC(C)=O. The Hall–Kier alpha value is -2.24. The number of hydrogen-bond donors (Lipinski definition) is 2. The van der Waals surface area contributed by atoms with E-state index in [-0.39, 0.29) is 6.61 Å². The average molecular weight is 363 g/mol. The van der Waals surface area contributed by atoms with Crippen molar-refractivity contribution < 1.29 is 48.1 Å². The molecule has 1 heterocycles. The van der Waals surface area contributed by atoms with E-state index in [1.807, 2.05) is 0 Å². The molecule has 5 atom stereocenters. The maximum Gasteiger partial charge on any atom is 0.303 e. The molecule has 0 amide bonds. The fourth-order valence-electron chi connectivity index (χ4n) is 2.33. The Morgan fingerprint density at radius 2 is 1.32 bits per heavy atom. The van der Waals surface area contributed by atoms with Crippen molar-refractivity contribution in [2.24, 2.45) is 0 Å². The number of carbonyl (C=O) groups is 4. The molecule has 0 aromatic rings. The van der Waals surface area contributed by atoms with E-state index in [0.717, 1.165) is 27.7 Å². The molecule has 1 fully saturated rings. The average Bonchev–Trinajstić information content (AvgIpc) is 2.48. The summed E-state index contributed by atoms with van der Waals surface area (Å²) < 4.78 is 25.6. The zero-order valence-corrected chi connectivity index (χ0v) is 14.2. The third kappa shape index (κ3) is 6.29. The van der Waals surface area contributed by atoms with Crippen LogP contribution in [0.2, 0.25) is 0 Å². The summed E-state index contributed by atoms with van der Waals surface area (Å²) >= 11 is 0. The first-order valence-corrected chi connectivity index (χ1v) is 7.35. The minimum Gasteiger partial charge on any atom is -0.463 e. The van der Waals surface area contributed by atoms with Gasteiger partial charge in [0, 0.05) is 27.7 Å². The van der Waals surface area contributed by atoms with Crippen molar-refractivity contribution in [2.75, 3.05) is 6.61 Å². The van der Waals surface area contributed by atoms with Crippen molar-refractivity contribution in [1.82, 2.24) is 5.48 Å². The van der Waals surface area contributed by atoms with E-state index in [0.29, 0.717) is 0 Å². The lowest BCUT2D eigenvalue weighted by molar-refractivity contribution is -0.270. The van der Waals surface area contributed by atoms with E-state index in [9.17, 15) is 24.4 Å². The smallest absolute Gasteiger partial charge is 0.303 e. The second kappa shape index (κ2) is 9.30.